The average Bonchev–Trinajstić information content (AvgIpc) is 2.52. The molecule has 1 amide bonds. The molecule has 0 aliphatic carbocycles. The zero-order valence-electron chi connectivity index (χ0n) is 14.1. The van der Waals surface area contributed by atoms with Gasteiger partial charge in [0.2, 0.25) is 0 Å². The Hall–Kier alpha value is -2.56. The third-order valence-electron chi connectivity index (χ3n) is 3.94. The summed E-state index contributed by atoms with van der Waals surface area (Å²) in [5, 5.41) is 19.9. The van der Waals surface area contributed by atoms with Gasteiger partial charge >= 0.3 is 0 Å². The lowest BCUT2D eigenvalue weighted by molar-refractivity contribution is 0.0744. The number of halogens is 1. The van der Waals surface area contributed by atoms with Gasteiger partial charge in [-0.1, -0.05) is 44.2 Å². The molecule has 0 aromatic heterocycles. The Labute approximate surface area is 141 Å². The minimum atomic E-state index is -0.862. The van der Waals surface area contributed by atoms with Gasteiger partial charge in [-0.3, -0.25) is 4.79 Å². The molecule has 0 atom stereocenters. The number of phenolic OH excluding ortho intramolecular Hbond substituents is 2. The summed E-state index contributed by atoms with van der Waals surface area (Å²) in [6, 6.07) is 10.4. The van der Waals surface area contributed by atoms with E-state index in [4.69, 9.17) is 0 Å². The van der Waals surface area contributed by atoms with E-state index in [9.17, 15) is 19.4 Å². The van der Waals surface area contributed by atoms with E-state index in [2.05, 4.69) is 0 Å². The van der Waals surface area contributed by atoms with Crippen LogP contribution in [0.1, 0.15) is 48.2 Å². The van der Waals surface area contributed by atoms with Crippen LogP contribution in [0.5, 0.6) is 11.5 Å². The molecule has 0 spiro atoms. The Kier molecular flexibility index (Phi) is 5.44. The summed E-state index contributed by atoms with van der Waals surface area (Å²) in [6.45, 7) is 5.90. The first-order valence-corrected chi connectivity index (χ1v) is 7.94. The second-order valence-electron chi connectivity index (χ2n) is 5.98. The summed E-state index contributed by atoms with van der Waals surface area (Å²) in [5.74, 6) is -2.67. The van der Waals surface area contributed by atoms with E-state index < -0.39 is 23.0 Å². The van der Waals surface area contributed by atoms with Crippen molar-refractivity contribution in [2.75, 3.05) is 6.54 Å². The molecule has 0 unspecified atom stereocenters. The third-order valence-corrected chi connectivity index (χ3v) is 3.94. The number of aromatic hydroxyl groups is 2. The Balaban J connectivity index is 2.42. The molecule has 24 heavy (non-hydrogen) atoms. The normalized spacial score (nSPS) is 10.9. The lowest BCUT2D eigenvalue weighted by atomic mass is 9.97. The van der Waals surface area contributed by atoms with Crippen molar-refractivity contribution in [2.24, 2.45) is 0 Å². The van der Waals surface area contributed by atoms with Crippen molar-refractivity contribution < 1.29 is 19.4 Å². The highest BCUT2D eigenvalue weighted by Gasteiger charge is 2.27. The maximum absolute atomic E-state index is 14.8. The fraction of sp³-hybridized carbons (Fsp3) is 0.316. The molecule has 0 aliphatic rings. The smallest absolute Gasteiger partial charge is 0.260 e. The fourth-order valence-electron chi connectivity index (χ4n) is 2.68. The maximum atomic E-state index is 14.8. The molecule has 0 saturated heterocycles. The molecule has 2 aromatic carbocycles. The Morgan fingerprint density at radius 2 is 1.79 bits per heavy atom. The van der Waals surface area contributed by atoms with Gasteiger partial charge in [-0.05, 0) is 18.4 Å². The van der Waals surface area contributed by atoms with E-state index in [0.717, 1.165) is 11.6 Å². The summed E-state index contributed by atoms with van der Waals surface area (Å²) in [5.41, 5.74) is 0.552. The van der Waals surface area contributed by atoms with Gasteiger partial charge in [0.25, 0.3) is 5.91 Å². The van der Waals surface area contributed by atoms with Crippen LogP contribution in [0.4, 0.5) is 4.39 Å². The number of rotatable bonds is 5. The van der Waals surface area contributed by atoms with Gasteiger partial charge in [0.1, 0.15) is 22.9 Å². The van der Waals surface area contributed by atoms with Crippen LogP contribution < -0.4 is 0 Å². The molecule has 0 fully saturated rings. The predicted molar refractivity (Wildman–Crippen MR) is 90.7 cm³/mol. The molecule has 2 rings (SSSR count). The van der Waals surface area contributed by atoms with Crippen molar-refractivity contribution in [3.05, 3.63) is 58.9 Å². The number of hydrogen-bond donors (Lipinski definition) is 2. The number of amides is 1. The first-order valence-electron chi connectivity index (χ1n) is 7.94. The molecule has 2 N–H and O–H groups in total. The molecular weight excluding hydrogens is 309 g/mol. The van der Waals surface area contributed by atoms with Crippen molar-refractivity contribution in [3.8, 4) is 11.5 Å². The molecular formula is C19H22FNO3. The predicted octanol–water partition coefficient (Wildman–Crippen LogP) is 4.02. The van der Waals surface area contributed by atoms with Crippen LogP contribution in [-0.2, 0) is 6.54 Å². The number of carbonyl (C=O) groups is 1. The van der Waals surface area contributed by atoms with Gasteiger partial charge < -0.3 is 15.1 Å². The monoisotopic (exact) mass is 331 g/mol. The quantitative estimate of drug-likeness (QED) is 0.870. The highest BCUT2D eigenvalue weighted by atomic mass is 19.1. The van der Waals surface area contributed by atoms with Crippen LogP contribution in [-0.4, -0.2) is 27.6 Å². The first-order chi connectivity index (χ1) is 11.4. The zero-order chi connectivity index (χ0) is 17.9. The van der Waals surface area contributed by atoms with Crippen LogP contribution >= 0.6 is 0 Å². The first kappa shape index (κ1) is 17.8. The zero-order valence-corrected chi connectivity index (χ0v) is 14.1. The van der Waals surface area contributed by atoms with E-state index in [0.29, 0.717) is 13.1 Å². The van der Waals surface area contributed by atoms with Gasteiger partial charge in [0, 0.05) is 24.7 Å². The van der Waals surface area contributed by atoms with Gasteiger partial charge in [-0.25, -0.2) is 4.39 Å². The number of nitrogens with zero attached hydrogens (tertiary/aromatic N) is 1. The largest absolute Gasteiger partial charge is 0.507 e. The van der Waals surface area contributed by atoms with Crippen LogP contribution in [0.25, 0.3) is 0 Å². The molecule has 128 valence electrons. The van der Waals surface area contributed by atoms with Crippen molar-refractivity contribution >= 4 is 5.91 Å². The molecule has 4 nitrogen and oxygen atoms in total. The van der Waals surface area contributed by atoms with Gasteiger partial charge in [0.05, 0.1) is 0 Å². The minimum Gasteiger partial charge on any atom is -0.507 e. The molecule has 2 aromatic rings. The van der Waals surface area contributed by atoms with E-state index in [-0.39, 0.29) is 17.2 Å². The maximum Gasteiger partial charge on any atom is 0.260 e. The summed E-state index contributed by atoms with van der Waals surface area (Å²) in [6.07, 6.45) is 0. The highest BCUT2D eigenvalue weighted by molar-refractivity contribution is 5.97. The SMILES string of the molecule is CCN(Cc1ccccc1)C(=O)c1c(O)cc(O)c(C(C)C)c1F. The highest BCUT2D eigenvalue weighted by Crippen LogP contribution is 2.36. The Morgan fingerprint density at radius 3 is 2.33 bits per heavy atom. The standard InChI is InChI=1S/C19H22FNO3/c1-4-21(11-13-8-6-5-7-9-13)19(24)17-15(23)10-14(22)16(12(2)3)18(17)20/h5-10,12,22-23H,4,11H2,1-3H3. The number of hydrogen-bond acceptors (Lipinski definition) is 3. The van der Waals surface area contributed by atoms with Crippen molar-refractivity contribution in [3.63, 3.8) is 0 Å². The summed E-state index contributed by atoms with van der Waals surface area (Å²) >= 11 is 0. The van der Waals surface area contributed by atoms with E-state index in [1.54, 1.807) is 20.8 Å². The van der Waals surface area contributed by atoms with E-state index in [1.165, 1.54) is 4.90 Å². The fourth-order valence-corrected chi connectivity index (χ4v) is 2.68. The van der Waals surface area contributed by atoms with Crippen molar-refractivity contribution in [1.29, 1.82) is 0 Å². The summed E-state index contributed by atoms with van der Waals surface area (Å²) < 4.78 is 14.8. The Bertz CT molecular complexity index is 729. The topological polar surface area (TPSA) is 60.8 Å². The van der Waals surface area contributed by atoms with Gasteiger partial charge in [0.15, 0.2) is 0 Å². The average molecular weight is 331 g/mol. The van der Waals surface area contributed by atoms with Crippen molar-refractivity contribution in [2.45, 2.75) is 33.2 Å². The molecule has 0 heterocycles. The van der Waals surface area contributed by atoms with E-state index in [1.807, 2.05) is 30.3 Å². The number of carbonyl (C=O) groups excluding carboxylic acids is 1. The van der Waals surface area contributed by atoms with Gasteiger partial charge in [-0.2, -0.15) is 0 Å². The second kappa shape index (κ2) is 7.34. The molecule has 0 saturated carbocycles. The molecule has 0 aliphatic heterocycles. The molecule has 0 bridgehead atoms. The summed E-state index contributed by atoms with van der Waals surface area (Å²) in [4.78, 5) is 14.2. The lowest BCUT2D eigenvalue weighted by Gasteiger charge is -2.23. The minimum absolute atomic E-state index is 0.0342. The number of phenols is 2. The van der Waals surface area contributed by atoms with E-state index >= 15 is 0 Å². The van der Waals surface area contributed by atoms with Crippen LogP contribution in [0.15, 0.2) is 36.4 Å². The van der Waals surface area contributed by atoms with Crippen LogP contribution in [0, 0.1) is 5.82 Å². The summed E-state index contributed by atoms with van der Waals surface area (Å²) in [7, 11) is 0. The van der Waals surface area contributed by atoms with Crippen LogP contribution in [0.3, 0.4) is 0 Å². The third kappa shape index (κ3) is 3.50. The second-order valence-corrected chi connectivity index (χ2v) is 5.98. The number of benzene rings is 2. The van der Waals surface area contributed by atoms with Crippen LogP contribution in [0.2, 0.25) is 0 Å². The van der Waals surface area contributed by atoms with Crippen molar-refractivity contribution in [1.82, 2.24) is 4.90 Å². The van der Waals surface area contributed by atoms with Gasteiger partial charge in [-0.15, -0.1) is 0 Å². The molecule has 5 heteroatoms. The molecule has 0 radical (unpaired) electrons. The Morgan fingerprint density at radius 1 is 1.17 bits per heavy atom. The lowest BCUT2D eigenvalue weighted by Crippen LogP contribution is -2.31.